The van der Waals surface area contributed by atoms with Gasteiger partial charge in [-0.1, -0.05) is 12.1 Å². The Balaban J connectivity index is 2.17. The van der Waals surface area contributed by atoms with E-state index in [9.17, 15) is 4.79 Å². The number of ether oxygens (including phenoxy) is 1. The Morgan fingerprint density at radius 3 is 3.12 bits per heavy atom. The van der Waals surface area contributed by atoms with E-state index in [0.717, 1.165) is 5.56 Å². The van der Waals surface area contributed by atoms with Gasteiger partial charge in [-0.2, -0.15) is 0 Å². The fourth-order valence-electron chi connectivity index (χ4n) is 1.43. The van der Waals surface area contributed by atoms with E-state index in [0.29, 0.717) is 6.61 Å². The minimum Gasteiger partial charge on any atom is -0.463 e. The summed E-state index contributed by atoms with van der Waals surface area (Å²) in [4.78, 5) is 11.1. The van der Waals surface area contributed by atoms with E-state index in [1.807, 2.05) is 6.07 Å². The molecule has 2 nitrogen and oxygen atoms in total. The zero-order valence-corrected chi connectivity index (χ0v) is 9.79. The molecule has 16 heavy (non-hydrogen) atoms. The number of rotatable bonds is 3. The minimum absolute atomic E-state index is 0.297. The molecule has 0 atom stereocenters. The molecule has 3 heteroatoms. The molecule has 0 fully saturated rings. The molecule has 0 saturated heterocycles. The van der Waals surface area contributed by atoms with E-state index in [-0.39, 0.29) is 5.97 Å². The lowest BCUT2D eigenvalue weighted by Crippen LogP contribution is -1.98. The summed E-state index contributed by atoms with van der Waals surface area (Å²) in [5, 5.41) is 3.29. The zero-order chi connectivity index (χ0) is 11.4. The molecule has 2 aromatic rings. The smallest absolute Gasteiger partial charge is 0.330 e. The predicted octanol–water partition coefficient (Wildman–Crippen LogP) is 3.48. The maximum atomic E-state index is 11.1. The van der Waals surface area contributed by atoms with Gasteiger partial charge in [-0.15, -0.1) is 11.3 Å². The average molecular weight is 232 g/mol. The quantitative estimate of drug-likeness (QED) is 0.598. The van der Waals surface area contributed by atoms with Gasteiger partial charge in [0.2, 0.25) is 0 Å². The Morgan fingerprint density at radius 2 is 2.31 bits per heavy atom. The highest BCUT2D eigenvalue weighted by molar-refractivity contribution is 7.17. The lowest BCUT2D eigenvalue weighted by atomic mass is 10.1. The third kappa shape index (κ3) is 2.49. The lowest BCUT2D eigenvalue weighted by molar-refractivity contribution is -0.137. The third-order valence-electron chi connectivity index (χ3n) is 2.18. The maximum absolute atomic E-state index is 11.1. The molecule has 0 N–H and O–H groups in total. The molecule has 0 spiro atoms. The van der Waals surface area contributed by atoms with Gasteiger partial charge in [-0.25, -0.2) is 4.79 Å². The predicted molar refractivity (Wildman–Crippen MR) is 67.5 cm³/mol. The van der Waals surface area contributed by atoms with Crippen LogP contribution in [0.3, 0.4) is 0 Å². The van der Waals surface area contributed by atoms with Crippen LogP contribution in [0.2, 0.25) is 0 Å². The first-order chi connectivity index (χ1) is 7.79. The topological polar surface area (TPSA) is 26.3 Å². The molecule has 0 aliphatic rings. The van der Waals surface area contributed by atoms with Crippen molar-refractivity contribution in [2.45, 2.75) is 6.92 Å². The summed E-state index contributed by atoms with van der Waals surface area (Å²) in [7, 11) is 0. The van der Waals surface area contributed by atoms with Gasteiger partial charge in [0.1, 0.15) is 0 Å². The summed E-state index contributed by atoms with van der Waals surface area (Å²) in [6.07, 6.45) is 3.23. The Bertz CT molecular complexity index is 525. The largest absolute Gasteiger partial charge is 0.463 e. The Labute approximate surface area is 98.2 Å². The van der Waals surface area contributed by atoms with Crippen molar-refractivity contribution in [1.82, 2.24) is 0 Å². The molecule has 0 radical (unpaired) electrons. The highest BCUT2D eigenvalue weighted by Gasteiger charge is 1.97. The molecule has 82 valence electrons. The van der Waals surface area contributed by atoms with E-state index in [4.69, 9.17) is 4.74 Å². The second-order valence-corrected chi connectivity index (χ2v) is 4.25. The van der Waals surface area contributed by atoms with Crippen molar-refractivity contribution in [2.24, 2.45) is 0 Å². The first-order valence-corrected chi connectivity index (χ1v) is 5.99. The van der Waals surface area contributed by atoms with E-state index in [2.05, 4.69) is 23.6 Å². The van der Waals surface area contributed by atoms with Crippen molar-refractivity contribution in [1.29, 1.82) is 0 Å². The van der Waals surface area contributed by atoms with E-state index in [1.165, 1.54) is 16.2 Å². The number of fused-ring (bicyclic) bond motifs is 1. The highest BCUT2D eigenvalue weighted by atomic mass is 32.1. The van der Waals surface area contributed by atoms with E-state index < -0.39 is 0 Å². The molecule has 0 amide bonds. The molecule has 2 rings (SSSR count). The normalized spacial score (nSPS) is 11.1. The number of hydrogen-bond acceptors (Lipinski definition) is 3. The molecular formula is C13H12O2S. The number of carbonyl (C=O) groups excluding carboxylic acids is 1. The van der Waals surface area contributed by atoms with Gasteiger partial charge in [-0.3, -0.25) is 0 Å². The zero-order valence-electron chi connectivity index (χ0n) is 8.97. The molecule has 1 aromatic heterocycles. The van der Waals surface area contributed by atoms with Gasteiger partial charge in [0.05, 0.1) is 6.61 Å². The first kappa shape index (κ1) is 10.9. The van der Waals surface area contributed by atoms with Gasteiger partial charge in [0.15, 0.2) is 0 Å². The number of carbonyl (C=O) groups is 1. The summed E-state index contributed by atoms with van der Waals surface area (Å²) in [5.41, 5.74) is 1.02. The molecular weight excluding hydrogens is 220 g/mol. The second kappa shape index (κ2) is 4.94. The molecule has 0 bridgehead atoms. The van der Waals surface area contributed by atoms with Crippen molar-refractivity contribution in [2.75, 3.05) is 6.61 Å². The van der Waals surface area contributed by atoms with Crippen molar-refractivity contribution < 1.29 is 9.53 Å². The highest BCUT2D eigenvalue weighted by Crippen LogP contribution is 2.22. The van der Waals surface area contributed by atoms with Crippen molar-refractivity contribution >= 4 is 33.5 Å². The second-order valence-electron chi connectivity index (χ2n) is 3.30. The van der Waals surface area contributed by atoms with Crippen LogP contribution in [0.15, 0.2) is 35.7 Å². The standard InChI is InChI=1S/C13H12O2S/c1-2-15-13(14)6-4-10-3-5-11-7-8-16-12(11)9-10/h3-9H,2H2,1H3. The van der Waals surface area contributed by atoms with Crippen LogP contribution in [0.4, 0.5) is 0 Å². The van der Waals surface area contributed by atoms with Crippen LogP contribution in [0.5, 0.6) is 0 Å². The van der Waals surface area contributed by atoms with Crippen molar-refractivity contribution in [3.63, 3.8) is 0 Å². The third-order valence-corrected chi connectivity index (χ3v) is 3.06. The molecule has 0 unspecified atom stereocenters. The van der Waals surface area contributed by atoms with Crippen molar-refractivity contribution in [3.05, 3.63) is 41.3 Å². The molecule has 0 aliphatic heterocycles. The molecule has 0 saturated carbocycles. The molecule has 0 aliphatic carbocycles. The molecule has 1 aromatic carbocycles. The van der Waals surface area contributed by atoms with Gasteiger partial charge >= 0.3 is 5.97 Å². The van der Waals surface area contributed by atoms with Crippen LogP contribution in [0, 0.1) is 0 Å². The summed E-state index contributed by atoms with van der Waals surface area (Å²) in [6, 6.07) is 8.19. The summed E-state index contributed by atoms with van der Waals surface area (Å²) in [5.74, 6) is -0.297. The van der Waals surface area contributed by atoms with Crippen LogP contribution in [-0.4, -0.2) is 12.6 Å². The van der Waals surface area contributed by atoms with Crippen LogP contribution in [0.1, 0.15) is 12.5 Å². The number of benzene rings is 1. The number of esters is 1. The number of thiophene rings is 1. The SMILES string of the molecule is CCOC(=O)C=Cc1ccc2ccsc2c1. The summed E-state index contributed by atoms with van der Waals surface area (Å²) < 4.78 is 6.04. The minimum atomic E-state index is -0.297. The summed E-state index contributed by atoms with van der Waals surface area (Å²) in [6.45, 7) is 2.20. The average Bonchev–Trinajstić information content (AvgIpc) is 2.74. The monoisotopic (exact) mass is 232 g/mol. The first-order valence-electron chi connectivity index (χ1n) is 5.11. The van der Waals surface area contributed by atoms with Crippen LogP contribution in [-0.2, 0) is 9.53 Å². The Hall–Kier alpha value is -1.61. The van der Waals surface area contributed by atoms with Crippen LogP contribution >= 0.6 is 11.3 Å². The fraction of sp³-hybridized carbons (Fsp3) is 0.154. The van der Waals surface area contributed by atoms with E-state index in [1.54, 1.807) is 24.3 Å². The summed E-state index contributed by atoms with van der Waals surface area (Å²) >= 11 is 1.70. The molecule has 1 heterocycles. The van der Waals surface area contributed by atoms with Crippen molar-refractivity contribution in [3.8, 4) is 0 Å². The van der Waals surface area contributed by atoms with E-state index >= 15 is 0 Å². The van der Waals surface area contributed by atoms with Gasteiger partial charge < -0.3 is 4.74 Å². The van der Waals surface area contributed by atoms with Gasteiger partial charge in [0.25, 0.3) is 0 Å². The lowest BCUT2D eigenvalue weighted by Gasteiger charge is -1.96. The van der Waals surface area contributed by atoms with Crippen LogP contribution < -0.4 is 0 Å². The Kier molecular flexibility index (Phi) is 3.37. The van der Waals surface area contributed by atoms with Gasteiger partial charge in [-0.05, 0) is 41.5 Å². The van der Waals surface area contributed by atoms with Crippen LogP contribution in [0.25, 0.3) is 16.2 Å². The number of hydrogen-bond donors (Lipinski definition) is 0. The maximum Gasteiger partial charge on any atom is 0.330 e. The Morgan fingerprint density at radius 1 is 1.44 bits per heavy atom. The fourth-order valence-corrected chi connectivity index (χ4v) is 2.27. The van der Waals surface area contributed by atoms with Gasteiger partial charge in [0, 0.05) is 10.8 Å².